The lowest BCUT2D eigenvalue weighted by atomic mass is 10.2. The predicted molar refractivity (Wildman–Crippen MR) is 110 cm³/mol. The highest BCUT2D eigenvalue weighted by atomic mass is 16.5. The Labute approximate surface area is 169 Å². The SMILES string of the molecule is CCCCOc1ccc(C(=O)NCC(=O)N/N=C/c2cc(OC)ccc2O)cc1. The Bertz CT molecular complexity index is 850. The van der Waals surface area contributed by atoms with Gasteiger partial charge in [0.1, 0.15) is 17.2 Å². The number of amides is 2. The van der Waals surface area contributed by atoms with Crippen molar-refractivity contribution in [1.29, 1.82) is 0 Å². The van der Waals surface area contributed by atoms with Gasteiger partial charge in [0.25, 0.3) is 11.8 Å². The highest BCUT2D eigenvalue weighted by Crippen LogP contribution is 2.20. The van der Waals surface area contributed by atoms with Gasteiger partial charge in [0.05, 0.1) is 26.5 Å². The Balaban J connectivity index is 1.79. The number of benzene rings is 2. The Morgan fingerprint density at radius 1 is 1.14 bits per heavy atom. The van der Waals surface area contributed by atoms with E-state index in [2.05, 4.69) is 22.8 Å². The summed E-state index contributed by atoms with van der Waals surface area (Å²) < 4.78 is 10.6. The minimum absolute atomic E-state index is 0.000720. The normalized spacial score (nSPS) is 10.6. The third-order valence-electron chi connectivity index (χ3n) is 3.92. The fourth-order valence-corrected chi connectivity index (χ4v) is 2.28. The van der Waals surface area contributed by atoms with Crippen LogP contribution < -0.4 is 20.2 Å². The first-order chi connectivity index (χ1) is 14.0. The van der Waals surface area contributed by atoms with Crippen LogP contribution in [-0.4, -0.2) is 43.4 Å². The molecule has 0 bridgehead atoms. The molecular weight excluding hydrogens is 374 g/mol. The van der Waals surface area contributed by atoms with Crippen LogP contribution in [-0.2, 0) is 4.79 Å². The van der Waals surface area contributed by atoms with E-state index in [1.165, 1.54) is 19.4 Å². The minimum Gasteiger partial charge on any atom is -0.507 e. The van der Waals surface area contributed by atoms with Crippen molar-refractivity contribution in [2.75, 3.05) is 20.3 Å². The van der Waals surface area contributed by atoms with Crippen molar-refractivity contribution >= 4 is 18.0 Å². The van der Waals surface area contributed by atoms with Crippen molar-refractivity contribution in [1.82, 2.24) is 10.7 Å². The molecule has 0 unspecified atom stereocenters. The van der Waals surface area contributed by atoms with Crippen molar-refractivity contribution in [2.24, 2.45) is 5.10 Å². The molecule has 3 N–H and O–H groups in total. The number of hydrogen-bond donors (Lipinski definition) is 3. The van der Waals surface area contributed by atoms with Crippen LogP contribution in [0.2, 0.25) is 0 Å². The third kappa shape index (κ3) is 7.17. The smallest absolute Gasteiger partial charge is 0.259 e. The van der Waals surface area contributed by atoms with Gasteiger partial charge in [-0.25, -0.2) is 5.43 Å². The Kier molecular flexibility index (Phi) is 8.50. The molecule has 0 aliphatic carbocycles. The van der Waals surface area contributed by atoms with Gasteiger partial charge in [-0.2, -0.15) is 5.10 Å². The van der Waals surface area contributed by atoms with E-state index in [1.54, 1.807) is 36.4 Å². The quantitative estimate of drug-likeness (QED) is 0.323. The van der Waals surface area contributed by atoms with Crippen LogP contribution in [0, 0.1) is 0 Å². The van der Waals surface area contributed by atoms with Gasteiger partial charge in [0.15, 0.2) is 0 Å². The number of nitrogens with zero attached hydrogens (tertiary/aromatic N) is 1. The second-order valence-corrected chi connectivity index (χ2v) is 6.13. The molecule has 2 aromatic rings. The maximum absolute atomic E-state index is 12.1. The Morgan fingerprint density at radius 3 is 2.55 bits per heavy atom. The first kappa shape index (κ1) is 21.7. The number of methoxy groups -OCH3 is 1. The monoisotopic (exact) mass is 399 g/mol. The molecule has 2 amide bonds. The highest BCUT2D eigenvalue weighted by Gasteiger charge is 2.08. The average molecular weight is 399 g/mol. The van der Waals surface area contributed by atoms with Crippen LogP contribution in [0.5, 0.6) is 17.2 Å². The lowest BCUT2D eigenvalue weighted by Crippen LogP contribution is -2.34. The van der Waals surface area contributed by atoms with Crippen LogP contribution in [0.1, 0.15) is 35.7 Å². The fourth-order valence-electron chi connectivity index (χ4n) is 2.28. The maximum Gasteiger partial charge on any atom is 0.259 e. The van der Waals surface area contributed by atoms with Crippen LogP contribution in [0.3, 0.4) is 0 Å². The van der Waals surface area contributed by atoms with Crippen LogP contribution in [0.25, 0.3) is 0 Å². The molecule has 0 aromatic heterocycles. The van der Waals surface area contributed by atoms with Crippen molar-refractivity contribution < 1.29 is 24.2 Å². The van der Waals surface area contributed by atoms with E-state index < -0.39 is 5.91 Å². The number of carbonyl (C=O) groups excluding carboxylic acids is 2. The molecular formula is C21H25N3O5. The molecule has 2 rings (SSSR count). The molecule has 0 radical (unpaired) electrons. The number of phenols is 1. The second-order valence-electron chi connectivity index (χ2n) is 6.13. The highest BCUT2D eigenvalue weighted by molar-refractivity contribution is 5.96. The minimum atomic E-state index is -0.503. The lowest BCUT2D eigenvalue weighted by Gasteiger charge is -2.07. The van der Waals surface area contributed by atoms with Gasteiger partial charge < -0.3 is 19.9 Å². The summed E-state index contributed by atoms with van der Waals surface area (Å²) in [6.07, 6.45) is 3.30. The molecule has 0 atom stereocenters. The van der Waals surface area contributed by atoms with Gasteiger partial charge in [0, 0.05) is 11.1 Å². The summed E-state index contributed by atoms with van der Waals surface area (Å²) in [6.45, 7) is 2.48. The largest absolute Gasteiger partial charge is 0.507 e. The number of hydrogen-bond acceptors (Lipinski definition) is 6. The number of ether oxygens (including phenoxy) is 2. The molecule has 29 heavy (non-hydrogen) atoms. The van der Waals surface area contributed by atoms with E-state index >= 15 is 0 Å². The van der Waals surface area contributed by atoms with E-state index in [9.17, 15) is 14.7 Å². The van der Waals surface area contributed by atoms with Gasteiger partial charge in [-0.3, -0.25) is 9.59 Å². The van der Waals surface area contributed by atoms with E-state index in [4.69, 9.17) is 9.47 Å². The van der Waals surface area contributed by atoms with Crippen LogP contribution in [0.4, 0.5) is 0 Å². The van der Waals surface area contributed by atoms with Crippen LogP contribution in [0.15, 0.2) is 47.6 Å². The summed E-state index contributed by atoms with van der Waals surface area (Å²) in [5, 5.41) is 16.0. The van der Waals surface area contributed by atoms with Crippen molar-refractivity contribution in [2.45, 2.75) is 19.8 Å². The topological polar surface area (TPSA) is 109 Å². The number of aromatic hydroxyl groups is 1. The Morgan fingerprint density at radius 2 is 1.86 bits per heavy atom. The molecule has 8 nitrogen and oxygen atoms in total. The molecule has 0 aliphatic rings. The summed E-state index contributed by atoms with van der Waals surface area (Å²) in [5.41, 5.74) is 3.09. The molecule has 154 valence electrons. The van der Waals surface area contributed by atoms with Gasteiger partial charge in [-0.1, -0.05) is 13.3 Å². The van der Waals surface area contributed by atoms with E-state index in [-0.39, 0.29) is 18.2 Å². The Hall–Kier alpha value is -3.55. The van der Waals surface area contributed by atoms with Gasteiger partial charge in [-0.15, -0.1) is 0 Å². The first-order valence-corrected chi connectivity index (χ1v) is 9.23. The lowest BCUT2D eigenvalue weighted by molar-refractivity contribution is -0.120. The third-order valence-corrected chi connectivity index (χ3v) is 3.92. The van der Waals surface area contributed by atoms with Crippen LogP contribution >= 0.6 is 0 Å². The number of unbranched alkanes of at least 4 members (excludes halogenated alkanes) is 1. The summed E-state index contributed by atoms with van der Waals surface area (Å²) in [6, 6.07) is 11.3. The van der Waals surface area contributed by atoms with E-state index in [0.29, 0.717) is 29.2 Å². The molecule has 0 saturated heterocycles. The number of rotatable bonds is 10. The summed E-state index contributed by atoms with van der Waals surface area (Å²) in [7, 11) is 1.50. The molecule has 8 heteroatoms. The molecule has 0 saturated carbocycles. The summed E-state index contributed by atoms with van der Waals surface area (Å²) in [4.78, 5) is 23.9. The molecule has 2 aromatic carbocycles. The van der Waals surface area contributed by atoms with Crippen molar-refractivity contribution in [3.63, 3.8) is 0 Å². The maximum atomic E-state index is 12.1. The van der Waals surface area contributed by atoms with Crippen molar-refractivity contribution in [3.8, 4) is 17.2 Å². The number of carbonyl (C=O) groups is 2. The van der Waals surface area contributed by atoms with Crippen molar-refractivity contribution in [3.05, 3.63) is 53.6 Å². The fraction of sp³-hybridized carbons (Fsp3) is 0.286. The number of hydrazone groups is 1. The van der Waals surface area contributed by atoms with E-state index in [1.807, 2.05) is 0 Å². The molecule has 0 spiro atoms. The van der Waals surface area contributed by atoms with Gasteiger partial charge >= 0.3 is 0 Å². The first-order valence-electron chi connectivity index (χ1n) is 9.23. The zero-order chi connectivity index (χ0) is 21.1. The second kappa shape index (κ2) is 11.3. The summed E-state index contributed by atoms with van der Waals surface area (Å²) in [5.74, 6) is 0.359. The van der Waals surface area contributed by atoms with Gasteiger partial charge in [-0.05, 0) is 48.9 Å². The summed E-state index contributed by atoms with van der Waals surface area (Å²) >= 11 is 0. The van der Waals surface area contributed by atoms with E-state index in [0.717, 1.165) is 12.8 Å². The number of phenolic OH excluding ortho intramolecular Hbond substituents is 1. The average Bonchev–Trinajstić information content (AvgIpc) is 2.74. The molecule has 0 fully saturated rings. The molecule has 0 heterocycles. The standard InChI is InChI=1S/C21H25N3O5/c1-3-4-11-29-17-7-5-15(6-8-17)21(27)22-14-20(26)24-23-13-16-12-18(28-2)9-10-19(16)25/h5-10,12-13,25H,3-4,11,14H2,1-2H3,(H,22,27)(H,24,26)/b23-13+. The predicted octanol–water partition coefficient (Wildman–Crippen LogP) is 2.46. The van der Waals surface area contributed by atoms with Gasteiger partial charge in [0.2, 0.25) is 0 Å². The zero-order valence-corrected chi connectivity index (χ0v) is 16.5. The molecule has 0 aliphatic heterocycles. The number of nitrogens with one attached hydrogen (secondary N) is 2. The zero-order valence-electron chi connectivity index (χ0n) is 16.5.